The van der Waals surface area contributed by atoms with Crippen LogP contribution >= 0.6 is 11.9 Å². The van der Waals surface area contributed by atoms with Crippen LogP contribution in [0.1, 0.15) is 35.2 Å². The van der Waals surface area contributed by atoms with E-state index in [0.29, 0.717) is 5.56 Å². The van der Waals surface area contributed by atoms with Crippen LogP contribution in [-0.4, -0.2) is 24.0 Å². The molecule has 1 aliphatic rings. The Balaban J connectivity index is 1.70. The Labute approximate surface area is 181 Å². The number of carbonyl (C=O) groups excluding carboxylic acids is 1. The van der Waals surface area contributed by atoms with E-state index >= 15 is 0 Å². The Morgan fingerprint density at radius 2 is 1.80 bits per heavy atom. The summed E-state index contributed by atoms with van der Waals surface area (Å²) in [6.07, 6.45) is 5.34. The quantitative estimate of drug-likeness (QED) is 0.553. The van der Waals surface area contributed by atoms with Gasteiger partial charge in [-0.3, -0.25) is 9.93 Å². The van der Waals surface area contributed by atoms with Gasteiger partial charge in [0.1, 0.15) is 5.82 Å². The van der Waals surface area contributed by atoms with E-state index in [1.807, 2.05) is 36.5 Å². The number of benzene rings is 2. The first-order chi connectivity index (χ1) is 14.6. The fraction of sp³-hybridized carbons (Fsp3) is 0.250. The minimum Gasteiger partial charge on any atom is -0.356 e. The summed E-state index contributed by atoms with van der Waals surface area (Å²) in [5, 5.41) is 8.69. The molecule has 5 nitrogen and oxygen atoms in total. The van der Waals surface area contributed by atoms with Crippen molar-refractivity contribution in [1.82, 2.24) is 4.98 Å². The SMILES string of the molecule is Cc1ccc(-c2cnc(N3CCCCC3)c(C(=O)Nc3cccc(SN)c3)c2)cc1. The van der Waals surface area contributed by atoms with Crippen molar-refractivity contribution in [3.8, 4) is 11.1 Å². The highest BCUT2D eigenvalue weighted by atomic mass is 32.2. The third-order valence-electron chi connectivity index (χ3n) is 5.38. The van der Waals surface area contributed by atoms with Crippen LogP contribution in [0.5, 0.6) is 0 Å². The predicted molar refractivity (Wildman–Crippen MR) is 125 cm³/mol. The van der Waals surface area contributed by atoms with Gasteiger partial charge in [0.05, 0.1) is 5.56 Å². The van der Waals surface area contributed by atoms with E-state index in [1.165, 1.54) is 12.0 Å². The number of carbonyl (C=O) groups is 1. The standard InChI is InChI=1S/C24H26N4OS/c1-17-8-10-18(11-9-17)19-14-22(23(26-16-19)28-12-3-2-4-13-28)24(29)27-20-6-5-7-21(15-20)30-25/h5-11,14-16H,2-4,12-13,25H2,1H3,(H,27,29). The monoisotopic (exact) mass is 418 g/mol. The van der Waals surface area contributed by atoms with E-state index in [1.54, 1.807) is 0 Å². The molecule has 3 aromatic rings. The molecule has 4 rings (SSSR count). The molecule has 0 saturated carbocycles. The second-order valence-electron chi connectivity index (χ2n) is 7.61. The molecule has 3 N–H and O–H groups in total. The summed E-state index contributed by atoms with van der Waals surface area (Å²) < 4.78 is 0. The molecule has 0 unspecified atom stereocenters. The number of nitrogens with one attached hydrogen (secondary N) is 1. The van der Waals surface area contributed by atoms with Crippen LogP contribution in [-0.2, 0) is 0 Å². The zero-order valence-corrected chi connectivity index (χ0v) is 17.9. The number of amides is 1. The van der Waals surface area contributed by atoms with Gasteiger partial charge in [-0.25, -0.2) is 4.98 Å². The number of rotatable bonds is 5. The van der Waals surface area contributed by atoms with Gasteiger partial charge in [-0.15, -0.1) is 0 Å². The van der Waals surface area contributed by atoms with Crippen molar-refractivity contribution in [1.29, 1.82) is 0 Å². The number of nitrogens with zero attached hydrogens (tertiary/aromatic N) is 2. The summed E-state index contributed by atoms with van der Waals surface area (Å²) in [4.78, 5) is 21.2. The minimum atomic E-state index is -0.156. The van der Waals surface area contributed by atoms with Crippen LogP contribution in [0.4, 0.5) is 11.5 Å². The predicted octanol–water partition coefficient (Wildman–Crippen LogP) is 5.27. The molecule has 0 atom stereocenters. The molecule has 0 spiro atoms. The second-order valence-corrected chi connectivity index (χ2v) is 8.32. The average molecular weight is 419 g/mol. The third-order valence-corrected chi connectivity index (χ3v) is 5.91. The van der Waals surface area contributed by atoms with Crippen molar-refractivity contribution in [2.45, 2.75) is 31.1 Å². The lowest BCUT2D eigenvalue weighted by molar-refractivity contribution is 0.102. The summed E-state index contributed by atoms with van der Waals surface area (Å²) in [5.41, 5.74) is 4.51. The number of anilines is 2. The number of aryl methyl sites for hydroxylation is 1. The van der Waals surface area contributed by atoms with E-state index in [9.17, 15) is 4.79 Å². The van der Waals surface area contributed by atoms with E-state index in [-0.39, 0.29) is 5.91 Å². The first-order valence-corrected chi connectivity index (χ1v) is 11.1. The maximum absolute atomic E-state index is 13.3. The molecule has 6 heteroatoms. The summed E-state index contributed by atoms with van der Waals surface area (Å²) in [5.74, 6) is 0.601. The number of hydrogen-bond acceptors (Lipinski definition) is 5. The van der Waals surface area contributed by atoms with Gasteiger partial charge in [-0.2, -0.15) is 0 Å². The highest BCUT2D eigenvalue weighted by Gasteiger charge is 2.21. The van der Waals surface area contributed by atoms with Gasteiger partial charge in [0.25, 0.3) is 5.91 Å². The fourth-order valence-corrected chi connectivity index (χ4v) is 4.08. The smallest absolute Gasteiger partial charge is 0.259 e. The van der Waals surface area contributed by atoms with Crippen LogP contribution in [0, 0.1) is 6.92 Å². The van der Waals surface area contributed by atoms with E-state index in [4.69, 9.17) is 10.1 Å². The molecule has 0 aliphatic carbocycles. The molecule has 30 heavy (non-hydrogen) atoms. The normalized spacial score (nSPS) is 13.9. The van der Waals surface area contributed by atoms with Crippen LogP contribution in [0.15, 0.2) is 65.7 Å². The van der Waals surface area contributed by atoms with Gasteiger partial charge in [-0.1, -0.05) is 35.9 Å². The van der Waals surface area contributed by atoms with Crippen molar-refractivity contribution in [3.05, 3.63) is 71.9 Å². The van der Waals surface area contributed by atoms with Crippen LogP contribution in [0.2, 0.25) is 0 Å². The molecule has 1 saturated heterocycles. The van der Waals surface area contributed by atoms with Crippen molar-refractivity contribution >= 4 is 29.4 Å². The Morgan fingerprint density at radius 1 is 1.03 bits per heavy atom. The Kier molecular flexibility index (Phi) is 6.35. The third kappa shape index (κ3) is 4.66. The lowest BCUT2D eigenvalue weighted by atomic mass is 10.0. The molecule has 0 bridgehead atoms. The highest BCUT2D eigenvalue weighted by molar-refractivity contribution is 7.97. The van der Waals surface area contributed by atoms with E-state index < -0.39 is 0 Å². The molecule has 1 aromatic heterocycles. The first kappa shape index (κ1) is 20.4. The zero-order valence-electron chi connectivity index (χ0n) is 17.1. The van der Waals surface area contributed by atoms with Crippen molar-refractivity contribution in [2.24, 2.45) is 5.14 Å². The van der Waals surface area contributed by atoms with Crippen LogP contribution in [0.25, 0.3) is 11.1 Å². The van der Waals surface area contributed by atoms with Gasteiger partial charge in [0, 0.05) is 35.4 Å². The summed E-state index contributed by atoms with van der Waals surface area (Å²) >= 11 is 1.16. The number of nitrogens with two attached hydrogens (primary N) is 1. The van der Waals surface area contributed by atoms with Gasteiger partial charge in [0.15, 0.2) is 0 Å². The maximum Gasteiger partial charge on any atom is 0.259 e. The molecule has 1 amide bonds. The van der Waals surface area contributed by atoms with Crippen molar-refractivity contribution in [3.63, 3.8) is 0 Å². The molecule has 1 fully saturated rings. The van der Waals surface area contributed by atoms with E-state index in [2.05, 4.69) is 41.4 Å². The van der Waals surface area contributed by atoms with Crippen LogP contribution in [0.3, 0.4) is 0 Å². The lowest BCUT2D eigenvalue weighted by Gasteiger charge is -2.29. The Morgan fingerprint density at radius 3 is 2.53 bits per heavy atom. The molecule has 0 radical (unpaired) electrons. The second kappa shape index (κ2) is 9.32. The van der Waals surface area contributed by atoms with Gasteiger partial charge < -0.3 is 10.2 Å². The molecular formula is C24H26N4OS. The molecular weight excluding hydrogens is 392 g/mol. The molecule has 2 aromatic carbocycles. The Hall–Kier alpha value is -2.83. The minimum absolute atomic E-state index is 0.156. The first-order valence-electron chi connectivity index (χ1n) is 10.2. The van der Waals surface area contributed by atoms with Crippen molar-refractivity contribution < 1.29 is 4.79 Å². The molecule has 154 valence electrons. The van der Waals surface area contributed by atoms with Crippen molar-refractivity contribution in [2.75, 3.05) is 23.3 Å². The summed E-state index contributed by atoms with van der Waals surface area (Å²) in [7, 11) is 0. The number of hydrogen-bond donors (Lipinski definition) is 2. The van der Waals surface area contributed by atoms with Gasteiger partial charge in [-0.05, 0) is 68.0 Å². The maximum atomic E-state index is 13.3. The zero-order chi connectivity index (χ0) is 20.9. The number of aromatic nitrogens is 1. The lowest BCUT2D eigenvalue weighted by Crippen LogP contribution is -2.32. The molecule has 1 aliphatic heterocycles. The largest absolute Gasteiger partial charge is 0.356 e. The summed E-state index contributed by atoms with van der Waals surface area (Å²) in [6, 6.07) is 17.8. The fourth-order valence-electron chi connectivity index (χ4n) is 3.73. The van der Waals surface area contributed by atoms with Gasteiger partial charge in [0.2, 0.25) is 0 Å². The topological polar surface area (TPSA) is 71.2 Å². The Bertz CT molecular complexity index is 1030. The van der Waals surface area contributed by atoms with E-state index in [0.717, 1.165) is 65.4 Å². The average Bonchev–Trinajstić information content (AvgIpc) is 2.80. The van der Waals surface area contributed by atoms with Gasteiger partial charge >= 0.3 is 0 Å². The molecule has 2 heterocycles. The number of pyridine rings is 1. The highest BCUT2D eigenvalue weighted by Crippen LogP contribution is 2.28. The van der Waals surface area contributed by atoms with Crippen LogP contribution < -0.4 is 15.4 Å². The summed E-state index contributed by atoms with van der Waals surface area (Å²) in [6.45, 7) is 3.92. The number of piperidine rings is 1.